The van der Waals surface area contributed by atoms with Gasteiger partial charge in [0.25, 0.3) is 10.0 Å². The second-order valence-corrected chi connectivity index (χ2v) is 8.39. The average molecular weight is 425 g/mol. The summed E-state index contributed by atoms with van der Waals surface area (Å²) in [5.41, 5.74) is -0.283. The summed E-state index contributed by atoms with van der Waals surface area (Å²) in [6.45, 7) is 6.32. The van der Waals surface area contributed by atoms with Gasteiger partial charge in [-0.15, -0.1) is 0 Å². The van der Waals surface area contributed by atoms with Crippen LogP contribution in [0.25, 0.3) is 10.9 Å². The number of hydrogen-bond acceptors (Lipinski definition) is 5. The minimum atomic E-state index is -4.30. The molecule has 30 heavy (non-hydrogen) atoms. The highest BCUT2D eigenvalue weighted by Gasteiger charge is 2.28. The van der Waals surface area contributed by atoms with Crippen LogP contribution < -0.4 is 5.32 Å². The number of ketones is 1. The van der Waals surface area contributed by atoms with E-state index in [1.807, 2.05) is 0 Å². The van der Waals surface area contributed by atoms with Crippen molar-refractivity contribution in [3.05, 3.63) is 71.7 Å². The van der Waals surface area contributed by atoms with Crippen molar-refractivity contribution in [1.82, 2.24) is 3.97 Å². The topological polar surface area (TPSA) is 109 Å². The number of aromatic nitrogens is 1. The number of fused-ring (bicyclic) bond motifs is 1. The normalized spacial score (nSPS) is 11.1. The third-order valence-corrected chi connectivity index (χ3v) is 6.10. The van der Waals surface area contributed by atoms with Crippen molar-refractivity contribution < 1.29 is 22.4 Å². The van der Waals surface area contributed by atoms with Gasteiger partial charge in [0.05, 0.1) is 21.7 Å². The van der Waals surface area contributed by atoms with Crippen molar-refractivity contribution >= 4 is 38.3 Å². The Balaban J connectivity index is 2.39. The van der Waals surface area contributed by atoms with E-state index >= 15 is 0 Å². The smallest absolute Gasteiger partial charge is 0.268 e. The molecule has 1 heterocycles. The van der Waals surface area contributed by atoms with Crippen molar-refractivity contribution in [1.29, 1.82) is 5.26 Å². The number of amides is 1. The lowest BCUT2D eigenvalue weighted by Crippen LogP contribution is -2.19. The van der Waals surface area contributed by atoms with Gasteiger partial charge in [0.15, 0.2) is 0 Å². The Labute approximate surface area is 172 Å². The summed E-state index contributed by atoms with van der Waals surface area (Å²) >= 11 is 0. The van der Waals surface area contributed by atoms with E-state index < -0.39 is 33.1 Å². The van der Waals surface area contributed by atoms with Crippen LogP contribution in [0.4, 0.5) is 10.1 Å². The number of aryl methyl sites for hydroxylation is 1. The fourth-order valence-corrected chi connectivity index (χ4v) is 4.43. The van der Waals surface area contributed by atoms with E-state index in [9.17, 15) is 22.4 Å². The first-order valence-corrected chi connectivity index (χ1v) is 10.1. The average Bonchev–Trinajstić information content (AvgIpc) is 3.05. The third kappa shape index (κ3) is 3.60. The van der Waals surface area contributed by atoms with Gasteiger partial charge in [-0.2, -0.15) is 5.26 Å². The van der Waals surface area contributed by atoms with Crippen LogP contribution in [-0.4, -0.2) is 24.1 Å². The van der Waals surface area contributed by atoms with Gasteiger partial charge in [0.1, 0.15) is 17.6 Å². The summed E-state index contributed by atoms with van der Waals surface area (Å²) in [7, 11) is -4.30. The molecule has 0 atom stereocenters. The number of carbonyl (C=O) groups excluding carboxylic acids is 2. The SMILES string of the molecule is C=C(C#N)C(=O)c1cc2cc(F)c(NC(C)=O)cc2n1S(=O)(=O)c1ccc(C)cc1. The fourth-order valence-electron chi connectivity index (χ4n) is 2.93. The largest absolute Gasteiger partial charge is 0.324 e. The zero-order chi connectivity index (χ0) is 22.2. The molecule has 0 unspecified atom stereocenters. The number of Topliss-reactive ketones (excluding diaryl/α,β-unsaturated/α-hetero) is 1. The predicted octanol–water partition coefficient (Wildman–Crippen LogP) is 3.55. The van der Waals surface area contributed by atoms with Gasteiger partial charge >= 0.3 is 0 Å². The second-order valence-electron chi connectivity index (χ2n) is 6.60. The van der Waals surface area contributed by atoms with Crippen LogP contribution in [0.3, 0.4) is 0 Å². The van der Waals surface area contributed by atoms with Crippen molar-refractivity contribution in [3.8, 4) is 6.07 Å². The molecule has 1 N–H and O–H groups in total. The summed E-state index contributed by atoms with van der Waals surface area (Å²) in [6, 6.07) is 10.9. The molecule has 3 aromatic rings. The van der Waals surface area contributed by atoms with Gasteiger partial charge in [0.2, 0.25) is 11.7 Å². The van der Waals surface area contributed by atoms with Crippen LogP contribution in [0.5, 0.6) is 0 Å². The van der Waals surface area contributed by atoms with Gasteiger partial charge in [0, 0.05) is 12.3 Å². The third-order valence-electron chi connectivity index (χ3n) is 4.36. The number of benzene rings is 2. The number of nitriles is 1. The van der Waals surface area contributed by atoms with Crippen molar-refractivity contribution in [2.45, 2.75) is 18.7 Å². The van der Waals surface area contributed by atoms with Gasteiger partial charge in [-0.3, -0.25) is 9.59 Å². The summed E-state index contributed by atoms with van der Waals surface area (Å²) in [4.78, 5) is 23.9. The predicted molar refractivity (Wildman–Crippen MR) is 109 cm³/mol. The molecular weight excluding hydrogens is 409 g/mol. The Morgan fingerprint density at radius 2 is 1.80 bits per heavy atom. The minimum Gasteiger partial charge on any atom is -0.324 e. The number of nitrogens with zero attached hydrogens (tertiary/aromatic N) is 2. The highest BCUT2D eigenvalue weighted by Crippen LogP contribution is 2.31. The van der Waals surface area contributed by atoms with Crippen LogP contribution in [0.1, 0.15) is 23.0 Å². The van der Waals surface area contributed by atoms with E-state index in [4.69, 9.17) is 5.26 Å². The van der Waals surface area contributed by atoms with Crippen molar-refractivity contribution in [2.24, 2.45) is 0 Å². The number of halogens is 1. The van der Waals surface area contributed by atoms with Crippen LogP contribution in [0.15, 0.2) is 59.5 Å². The van der Waals surface area contributed by atoms with Crippen LogP contribution in [0, 0.1) is 24.1 Å². The number of anilines is 1. The van der Waals surface area contributed by atoms with E-state index in [0.29, 0.717) is 0 Å². The minimum absolute atomic E-state index is 0.0326. The van der Waals surface area contributed by atoms with Crippen LogP contribution in [0.2, 0.25) is 0 Å². The number of rotatable bonds is 5. The van der Waals surface area contributed by atoms with E-state index in [1.165, 1.54) is 25.1 Å². The lowest BCUT2D eigenvalue weighted by molar-refractivity contribution is -0.114. The second kappa shape index (κ2) is 7.57. The number of nitrogens with one attached hydrogen (secondary N) is 1. The van der Waals surface area contributed by atoms with Crippen molar-refractivity contribution in [2.75, 3.05) is 5.32 Å². The highest BCUT2D eigenvalue weighted by molar-refractivity contribution is 7.90. The zero-order valence-electron chi connectivity index (χ0n) is 16.1. The lowest BCUT2D eigenvalue weighted by Gasteiger charge is -2.12. The molecule has 3 rings (SSSR count). The Kier molecular flexibility index (Phi) is 5.29. The maximum atomic E-state index is 14.4. The van der Waals surface area contributed by atoms with E-state index in [-0.39, 0.29) is 27.2 Å². The van der Waals surface area contributed by atoms with Crippen LogP contribution >= 0.6 is 0 Å². The fraction of sp³-hybridized carbons (Fsp3) is 0.0952. The van der Waals surface area contributed by atoms with Gasteiger partial charge in [-0.1, -0.05) is 24.3 Å². The molecule has 0 bridgehead atoms. The molecule has 1 amide bonds. The molecule has 0 fully saturated rings. The summed E-state index contributed by atoms with van der Waals surface area (Å²) < 4.78 is 41.9. The first-order valence-electron chi connectivity index (χ1n) is 8.65. The summed E-state index contributed by atoms with van der Waals surface area (Å²) in [6.07, 6.45) is 0. The summed E-state index contributed by atoms with van der Waals surface area (Å²) in [5, 5.41) is 11.4. The maximum absolute atomic E-state index is 14.4. The first-order chi connectivity index (χ1) is 14.1. The molecule has 0 aliphatic heterocycles. The molecule has 7 nitrogen and oxygen atoms in total. The molecule has 0 spiro atoms. The number of hydrogen-bond donors (Lipinski definition) is 1. The standard InChI is InChI=1S/C21H16FN3O4S/c1-12-4-6-16(7-5-12)30(28,29)25-19-10-18(24-14(3)26)17(22)8-15(19)9-20(25)21(27)13(2)11-23/h4-10H,2H2,1,3H3,(H,24,26). The monoisotopic (exact) mass is 425 g/mol. The molecule has 1 aromatic heterocycles. The molecule has 152 valence electrons. The molecule has 0 saturated carbocycles. The quantitative estimate of drug-likeness (QED) is 0.382. The zero-order valence-corrected chi connectivity index (χ0v) is 16.9. The Morgan fingerprint density at radius 1 is 1.17 bits per heavy atom. The molecule has 0 aliphatic rings. The Hall–Kier alpha value is -3.77. The van der Waals surface area contributed by atoms with Crippen molar-refractivity contribution in [3.63, 3.8) is 0 Å². The molecule has 0 aliphatic carbocycles. The molecule has 0 saturated heterocycles. The molecular formula is C21H16FN3O4S. The molecule has 0 radical (unpaired) electrons. The first kappa shape index (κ1) is 21.0. The van der Waals surface area contributed by atoms with Gasteiger partial charge < -0.3 is 5.32 Å². The maximum Gasteiger partial charge on any atom is 0.268 e. The van der Waals surface area contributed by atoms with E-state index in [1.54, 1.807) is 25.1 Å². The molecule has 9 heteroatoms. The summed E-state index contributed by atoms with van der Waals surface area (Å²) in [5.74, 6) is -2.27. The highest BCUT2D eigenvalue weighted by atomic mass is 32.2. The van der Waals surface area contributed by atoms with E-state index in [0.717, 1.165) is 21.7 Å². The van der Waals surface area contributed by atoms with Crippen LogP contribution in [-0.2, 0) is 14.8 Å². The van der Waals surface area contributed by atoms with Gasteiger partial charge in [-0.05, 0) is 37.3 Å². The molecule has 2 aromatic carbocycles. The Morgan fingerprint density at radius 3 is 2.37 bits per heavy atom. The van der Waals surface area contributed by atoms with Gasteiger partial charge in [-0.25, -0.2) is 16.8 Å². The Bertz CT molecular complexity index is 1360. The number of carbonyl (C=O) groups is 2. The number of allylic oxidation sites excluding steroid dienone is 1. The lowest BCUT2D eigenvalue weighted by atomic mass is 10.1. The van der Waals surface area contributed by atoms with E-state index in [2.05, 4.69) is 11.9 Å².